The Morgan fingerprint density at radius 2 is 1.36 bits per heavy atom. The molecule has 144 valence electrons. The van der Waals surface area contributed by atoms with E-state index in [1.54, 1.807) is 24.3 Å². The van der Waals surface area contributed by atoms with Crippen molar-refractivity contribution in [3.8, 4) is 6.07 Å². The predicted octanol–water partition coefficient (Wildman–Crippen LogP) is 2.30. The Bertz CT molecular complexity index is 844. The lowest BCUT2D eigenvalue weighted by Crippen LogP contribution is -2.49. The molecule has 1 aromatic heterocycles. The molecule has 1 amide bonds. The highest BCUT2D eigenvalue weighted by Gasteiger charge is 2.23. The highest BCUT2D eigenvalue weighted by Crippen LogP contribution is 2.20. The molecule has 0 saturated carbocycles. The van der Waals surface area contributed by atoms with E-state index in [1.165, 1.54) is 19.3 Å². The largest absolute Gasteiger partial charge is 0.355 e. The van der Waals surface area contributed by atoms with E-state index in [-0.39, 0.29) is 5.91 Å². The van der Waals surface area contributed by atoms with Crippen LogP contribution in [0.1, 0.15) is 35.2 Å². The average molecular weight is 376 g/mol. The summed E-state index contributed by atoms with van der Waals surface area (Å²) in [6.07, 6.45) is 3.74. The summed E-state index contributed by atoms with van der Waals surface area (Å²) >= 11 is 0. The number of amides is 1. The number of carbonyl (C=O) groups excluding carboxylic acids is 1. The van der Waals surface area contributed by atoms with Gasteiger partial charge in [0.15, 0.2) is 11.6 Å². The fraction of sp³-hybridized carbons (Fsp3) is 0.429. The molecule has 0 spiro atoms. The third-order valence-corrected chi connectivity index (χ3v) is 5.47. The van der Waals surface area contributed by atoms with Gasteiger partial charge in [0.1, 0.15) is 0 Å². The van der Waals surface area contributed by atoms with Crippen molar-refractivity contribution in [2.45, 2.75) is 19.3 Å². The Morgan fingerprint density at radius 3 is 1.89 bits per heavy atom. The summed E-state index contributed by atoms with van der Waals surface area (Å²) in [5, 5.41) is 17.7. The molecule has 4 rings (SSSR count). The molecule has 0 unspecified atom stereocenters. The van der Waals surface area contributed by atoms with E-state index >= 15 is 0 Å². The van der Waals surface area contributed by atoms with E-state index in [4.69, 9.17) is 5.26 Å². The van der Waals surface area contributed by atoms with Crippen LogP contribution in [-0.4, -0.2) is 60.3 Å². The van der Waals surface area contributed by atoms with Gasteiger partial charge in [-0.2, -0.15) is 5.26 Å². The highest BCUT2D eigenvalue weighted by molar-refractivity contribution is 5.94. The summed E-state index contributed by atoms with van der Waals surface area (Å²) in [7, 11) is 0. The van der Waals surface area contributed by atoms with Gasteiger partial charge < -0.3 is 14.7 Å². The van der Waals surface area contributed by atoms with Gasteiger partial charge in [-0.05, 0) is 55.7 Å². The van der Waals surface area contributed by atoms with E-state index in [9.17, 15) is 4.79 Å². The molecule has 2 saturated heterocycles. The third kappa shape index (κ3) is 3.91. The van der Waals surface area contributed by atoms with Crippen LogP contribution in [0.5, 0.6) is 0 Å². The zero-order chi connectivity index (χ0) is 19.3. The zero-order valence-electron chi connectivity index (χ0n) is 15.9. The highest BCUT2D eigenvalue weighted by atomic mass is 16.2. The maximum atomic E-state index is 12.7. The Hall–Kier alpha value is -3.14. The molecular weight excluding hydrogens is 352 g/mol. The SMILES string of the molecule is N#Cc1ccc(C(=O)N2CCN(c3ccc(N4CCCCC4)nn3)CC2)cc1. The normalized spacial score (nSPS) is 17.3. The van der Waals surface area contributed by atoms with Crippen molar-refractivity contribution in [3.05, 3.63) is 47.5 Å². The topological polar surface area (TPSA) is 76.4 Å². The molecule has 7 nitrogen and oxygen atoms in total. The van der Waals surface area contributed by atoms with Crippen LogP contribution in [0.2, 0.25) is 0 Å². The summed E-state index contributed by atoms with van der Waals surface area (Å²) in [6, 6.07) is 13.0. The number of anilines is 2. The number of carbonyl (C=O) groups is 1. The van der Waals surface area contributed by atoms with Gasteiger partial charge in [0.2, 0.25) is 0 Å². The first kappa shape index (κ1) is 18.2. The van der Waals surface area contributed by atoms with Crippen molar-refractivity contribution >= 4 is 17.5 Å². The fourth-order valence-corrected chi connectivity index (χ4v) is 3.79. The minimum absolute atomic E-state index is 0.00988. The molecule has 3 heterocycles. The van der Waals surface area contributed by atoms with Crippen molar-refractivity contribution in [2.75, 3.05) is 49.1 Å². The molecule has 2 fully saturated rings. The van der Waals surface area contributed by atoms with Crippen molar-refractivity contribution in [2.24, 2.45) is 0 Å². The van der Waals surface area contributed by atoms with Crippen molar-refractivity contribution in [1.29, 1.82) is 5.26 Å². The van der Waals surface area contributed by atoms with E-state index in [2.05, 4.69) is 32.1 Å². The van der Waals surface area contributed by atoms with Gasteiger partial charge in [0.25, 0.3) is 5.91 Å². The van der Waals surface area contributed by atoms with Gasteiger partial charge >= 0.3 is 0 Å². The van der Waals surface area contributed by atoms with Crippen LogP contribution in [0.15, 0.2) is 36.4 Å². The molecule has 7 heteroatoms. The van der Waals surface area contributed by atoms with Crippen LogP contribution in [-0.2, 0) is 0 Å². The van der Waals surface area contributed by atoms with Crippen molar-refractivity contribution in [1.82, 2.24) is 15.1 Å². The molecule has 1 aromatic carbocycles. The Kier molecular flexibility index (Phi) is 5.38. The standard InChI is InChI=1S/C21H24N6O/c22-16-17-4-6-18(7-5-17)21(28)27-14-12-26(13-15-27)20-9-8-19(23-24-20)25-10-2-1-3-11-25/h4-9H,1-3,10-15H2. The van der Waals surface area contributed by atoms with E-state index in [0.29, 0.717) is 24.2 Å². The monoisotopic (exact) mass is 376 g/mol. The second-order valence-corrected chi connectivity index (χ2v) is 7.27. The number of benzene rings is 1. The van der Waals surface area contributed by atoms with E-state index < -0.39 is 0 Å². The lowest BCUT2D eigenvalue weighted by Gasteiger charge is -2.35. The molecular formula is C21H24N6O. The lowest BCUT2D eigenvalue weighted by atomic mass is 10.1. The van der Waals surface area contributed by atoms with Crippen molar-refractivity contribution in [3.63, 3.8) is 0 Å². The number of nitriles is 1. The van der Waals surface area contributed by atoms with Crippen LogP contribution in [0.25, 0.3) is 0 Å². The Labute approximate surface area is 165 Å². The summed E-state index contributed by atoms with van der Waals surface area (Å²) in [6.45, 7) is 4.89. The van der Waals surface area contributed by atoms with Crippen molar-refractivity contribution < 1.29 is 4.79 Å². The first-order chi connectivity index (χ1) is 13.7. The minimum Gasteiger partial charge on any atom is -0.355 e. The molecule has 2 aromatic rings. The predicted molar refractivity (Wildman–Crippen MR) is 107 cm³/mol. The second kappa shape index (κ2) is 8.26. The molecule has 0 radical (unpaired) electrons. The molecule has 0 N–H and O–H groups in total. The maximum Gasteiger partial charge on any atom is 0.253 e. The average Bonchev–Trinajstić information content (AvgIpc) is 2.79. The molecule has 2 aliphatic heterocycles. The van der Waals surface area contributed by atoms with Crippen LogP contribution in [0.3, 0.4) is 0 Å². The third-order valence-electron chi connectivity index (χ3n) is 5.47. The quantitative estimate of drug-likeness (QED) is 0.818. The van der Waals surface area contributed by atoms with Gasteiger partial charge in [-0.15, -0.1) is 10.2 Å². The second-order valence-electron chi connectivity index (χ2n) is 7.27. The summed E-state index contributed by atoms with van der Waals surface area (Å²) in [5.41, 5.74) is 1.19. The minimum atomic E-state index is 0.00988. The van der Waals surface area contributed by atoms with E-state index in [1.807, 2.05) is 11.0 Å². The van der Waals surface area contributed by atoms with Gasteiger partial charge in [0, 0.05) is 44.8 Å². The van der Waals surface area contributed by atoms with Gasteiger partial charge in [0.05, 0.1) is 11.6 Å². The summed E-state index contributed by atoms with van der Waals surface area (Å²) in [5.74, 6) is 1.83. The number of hydrogen-bond acceptors (Lipinski definition) is 6. The van der Waals surface area contributed by atoms with E-state index in [0.717, 1.165) is 37.8 Å². The number of piperidine rings is 1. The number of aromatic nitrogens is 2. The molecule has 2 aliphatic rings. The van der Waals surface area contributed by atoms with Gasteiger partial charge in [-0.1, -0.05) is 0 Å². The first-order valence-electron chi connectivity index (χ1n) is 9.88. The molecule has 28 heavy (non-hydrogen) atoms. The number of hydrogen-bond donors (Lipinski definition) is 0. The summed E-state index contributed by atoms with van der Waals surface area (Å²) in [4.78, 5) is 19.0. The lowest BCUT2D eigenvalue weighted by molar-refractivity contribution is 0.0746. The summed E-state index contributed by atoms with van der Waals surface area (Å²) < 4.78 is 0. The maximum absolute atomic E-state index is 12.7. The Morgan fingerprint density at radius 1 is 0.786 bits per heavy atom. The number of rotatable bonds is 3. The van der Waals surface area contributed by atoms with Gasteiger partial charge in [-0.3, -0.25) is 4.79 Å². The fourth-order valence-electron chi connectivity index (χ4n) is 3.79. The first-order valence-corrected chi connectivity index (χ1v) is 9.88. The van der Waals surface area contributed by atoms with Crippen LogP contribution in [0.4, 0.5) is 11.6 Å². The van der Waals surface area contributed by atoms with Crippen LogP contribution in [0, 0.1) is 11.3 Å². The molecule has 0 atom stereocenters. The smallest absolute Gasteiger partial charge is 0.253 e. The van der Waals surface area contributed by atoms with Crippen LogP contribution < -0.4 is 9.80 Å². The zero-order valence-corrected chi connectivity index (χ0v) is 15.9. The molecule has 0 aliphatic carbocycles. The number of nitrogens with zero attached hydrogens (tertiary/aromatic N) is 6. The Balaban J connectivity index is 1.34. The number of piperazine rings is 1. The molecule has 0 bridgehead atoms. The van der Waals surface area contributed by atoms with Gasteiger partial charge in [-0.25, -0.2) is 0 Å². The van der Waals surface area contributed by atoms with Crippen LogP contribution >= 0.6 is 0 Å².